The van der Waals surface area contributed by atoms with Crippen LogP contribution in [0.5, 0.6) is 11.5 Å². The summed E-state index contributed by atoms with van der Waals surface area (Å²) in [5.41, 5.74) is 0.937. The van der Waals surface area contributed by atoms with E-state index in [-0.39, 0.29) is 0 Å². The Labute approximate surface area is 128 Å². The first-order chi connectivity index (χ1) is 10.1. The molecule has 0 saturated carbocycles. The number of rotatable bonds is 6. The Kier molecular flexibility index (Phi) is 5.88. The number of nitrogens with one attached hydrogen (secondary N) is 1. The first-order valence-corrected chi connectivity index (χ1v) is 7.90. The number of phenolic OH excluding ortho intramolecular Hbond substituents is 1. The second-order valence-corrected chi connectivity index (χ2v) is 6.23. The Morgan fingerprint density at radius 3 is 2.86 bits per heavy atom. The number of benzene rings is 1. The van der Waals surface area contributed by atoms with Crippen molar-refractivity contribution in [3.8, 4) is 11.5 Å². The van der Waals surface area contributed by atoms with Crippen molar-refractivity contribution in [3.63, 3.8) is 0 Å². The van der Waals surface area contributed by atoms with Gasteiger partial charge in [-0.1, -0.05) is 0 Å². The molecule has 1 saturated heterocycles. The fourth-order valence-electron chi connectivity index (χ4n) is 2.90. The van der Waals surface area contributed by atoms with Crippen LogP contribution in [0.25, 0.3) is 0 Å². The van der Waals surface area contributed by atoms with Gasteiger partial charge in [0.25, 0.3) is 0 Å². The molecule has 0 aliphatic carbocycles. The lowest BCUT2D eigenvalue weighted by Gasteiger charge is -2.33. The van der Waals surface area contributed by atoms with Gasteiger partial charge < -0.3 is 15.2 Å². The van der Waals surface area contributed by atoms with Crippen LogP contribution in [-0.2, 0) is 6.54 Å². The quantitative estimate of drug-likeness (QED) is 0.846. The molecular formula is C17H28N2O2. The Morgan fingerprint density at radius 2 is 2.24 bits per heavy atom. The summed E-state index contributed by atoms with van der Waals surface area (Å²) in [6.45, 7) is 8.52. The molecular weight excluding hydrogens is 264 g/mol. The van der Waals surface area contributed by atoms with Crippen LogP contribution >= 0.6 is 0 Å². The van der Waals surface area contributed by atoms with E-state index in [1.54, 1.807) is 19.2 Å². The van der Waals surface area contributed by atoms with E-state index < -0.39 is 0 Å². The lowest BCUT2D eigenvalue weighted by atomic mass is 9.98. The van der Waals surface area contributed by atoms with Crippen LogP contribution in [-0.4, -0.2) is 42.8 Å². The highest BCUT2D eigenvalue weighted by atomic mass is 16.5. The van der Waals surface area contributed by atoms with E-state index in [0.717, 1.165) is 37.5 Å². The van der Waals surface area contributed by atoms with Gasteiger partial charge in [-0.2, -0.15) is 0 Å². The third-order valence-corrected chi connectivity index (χ3v) is 4.28. The number of aromatic hydroxyl groups is 1. The molecule has 1 aromatic carbocycles. The topological polar surface area (TPSA) is 44.7 Å². The predicted octanol–water partition coefficient (Wildman–Crippen LogP) is 2.61. The Hall–Kier alpha value is -1.26. The molecule has 0 aromatic heterocycles. The van der Waals surface area contributed by atoms with Gasteiger partial charge in [0.1, 0.15) is 11.5 Å². The van der Waals surface area contributed by atoms with E-state index in [9.17, 15) is 5.11 Å². The Morgan fingerprint density at radius 1 is 1.43 bits per heavy atom. The summed E-state index contributed by atoms with van der Waals surface area (Å²) in [5, 5.41) is 13.5. The number of phenols is 1. The maximum Gasteiger partial charge on any atom is 0.120 e. The maximum atomic E-state index is 10.1. The van der Waals surface area contributed by atoms with E-state index in [2.05, 4.69) is 24.1 Å². The van der Waals surface area contributed by atoms with Crippen LogP contribution < -0.4 is 10.1 Å². The summed E-state index contributed by atoms with van der Waals surface area (Å²) >= 11 is 0. The second kappa shape index (κ2) is 7.66. The minimum absolute atomic E-state index is 0.350. The summed E-state index contributed by atoms with van der Waals surface area (Å²) < 4.78 is 5.26. The molecule has 1 heterocycles. The van der Waals surface area contributed by atoms with E-state index in [0.29, 0.717) is 17.7 Å². The van der Waals surface area contributed by atoms with Gasteiger partial charge in [-0.25, -0.2) is 0 Å². The summed E-state index contributed by atoms with van der Waals surface area (Å²) in [6, 6.07) is 5.90. The number of hydrogen-bond donors (Lipinski definition) is 2. The Bertz CT molecular complexity index is 442. The smallest absolute Gasteiger partial charge is 0.120 e. The predicted molar refractivity (Wildman–Crippen MR) is 85.8 cm³/mol. The SMILES string of the molecule is COc1ccc(O)c(CN(CC2CCCNC2)C(C)C)c1. The highest BCUT2D eigenvalue weighted by Gasteiger charge is 2.20. The molecule has 2 N–H and O–H groups in total. The van der Waals surface area contributed by atoms with Gasteiger partial charge in [0, 0.05) is 24.7 Å². The summed E-state index contributed by atoms with van der Waals surface area (Å²) in [6.07, 6.45) is 2.56. The first kappa shape index (κ1) is 16.1. The van der Waals surface area contributed by atoms with E-state index in [1.165, 1.54) is 12.8 Å². The van der Waals surface area contributed by atoms with Gasteiger partial charge >= 0.3 is 0 Å². The average Bonchev–Trinajstić information content (AvgIpc) is 2.49. The molecule has 1 aliphatic heterocycles. The van der Waals surface area contributed by atoms with Gasteiger partial charge in [-0.3, -0.25) is 4.90 Å². The zero-order chi connectivity index (χ0) is 15.2. The van der Waals surface area contributed by atoms with Gasteiger partial charge in [0.15, 0.2) is 0 Å². The van der Waals surface area contributed by atoms with Gasteiger partial charge in [0.2, 0.25) is 0 Å². The zero-order valence-corrected chi connectivity index (χ0v) is 13.4. The van der Waals surface area contributed by atoms with Crippen LogP contribution in [0.2, 0.25) is 0 Å². The van der Waals surface area contributed by atoms with Crippen molar-refractivity contribution < 1.29 is 9.84 Å². The highest BCUT2D eigenvalue weighted by Crippen LogP contribution is 2.25. The van der Waals surface area contributed by atoms with Crippen molar-refractivity contribution in [1.29, 1.82) is 0 Å². The van der Waals surface area contributed by atoms with Gasteiger partial charge in [0.05, 0.1) is 7.11 Å². The molecule has 0 amide bonds. The molecule has 118 valence electrons. The zero-order valence-electron chi connectivity index (χ0n) is 13.4. The molecule has 1 aliphatic rings. The highest BCUT2D eigenvalue weighted by molar-refractivity contribution is 5.39. The number of ether oxygens (including phenoxy) is 1. The summed E-state index contributed by atoms with van der Waals surface area (Å²) in [7, 11) is 1.66. The molecule has 4 heteroatoms. The van der Waals surface area contributed by atoms with E-state index in [1.807, 2.05) is 6.07 Å². The molecule has 21 heavy (non-hydrogen) atoms. The first-order valence-electron chi connectivity index (χ1n) is 7.90. The molecule has 1 aromatic rings. The molecule has 2 rings (SSSR count). The normalized spacial score (nSPS) is 19.2. The molecule has 0 bridgehead atoms. The second-order valence-electron chi connectivity index (χ2n) is 6.23. The fourth-order valence-corrected chi connectivity index (χ4v) is 2.90. The lowest BCUT2D eigenvalue weighted by molar-refractivity contribution is 0.162. The minimum atomic E-state index is 0.350. The summed E-state index contributed by atoms with van der Waals surface area (Å²) in [4.78, 5) is 2.44. The van der Waals surface area contributed by atoms with Crippen molar-refractivity contribution in [3.05, 3.63) is 23.8 Å². The van der Waals surface area contributed by atoms with Crippen molar-refractivity contribution in [2.45, 2.75) is 39.3 Å². The third kappa shape index (κ3) is 4.61. The van der Waals surface area contributed by atoms with Crippen LogP contribution in [0, 0.1) is 5.92 Å². The van der Waals surface area contributed by atoms with Crippen molar-refractivity contribution >= 4 is 0 Å². The van der Waals surface area contributed by atoms with Crippen molar-refractivity contribution in [2.24, 2.45) is 5.92 Å². The lowest BCUT2D eigenvalue weighted by Crippen LogP contribution is -2.40. The summed E-state index contributed by atoms with van der Waals surface area (Å²) in [5.74, 6) is 1.85. The standard InChI is InChI=1S/C17H28N2O2/c1-13(2)19(11-14-5-4-8-18-10-14)12-15-9-16(21-3)6-7-17(15)20/h6-7,9,13-14,18,20H,4-5,8,10-12H2,1-3H3. The van der Waals surface area contributed by atoms with E-state index >= 15 is 0 Å². The maximum absolute atomic E-state index is 10.1. The number of methoxy groups -OCH3 is 1. The number of hydrogen-bond acceptors (Lipinski definition) is 4. The van der Waals surface area contributed by atoms with Crippen LogP contribution in [0.3, 0.4) is 0 Å². The molecule has 0 radical (unpaired) electrons. The van der Waals surface area contributed by atoms with Crippen LogP contribution in [0.4, 0.5) is 0 Å². The third-order valence-electron chi connectivity index (χ3n) is 4.28. The number of nitrogens with zero attached hydrogens (tertiary/aromatic N) is 1. The van der Waals surface area contributed by atoms with Gasteiger partial charge in [-0.15, -0.1) is 0 Å². The fraction of sp³-hybridized carbons (Fsp3) is 0.647. The Balaban J connectivity index is 2.04. The minimum Gasteiger partial charge on any atom is -0.508 e. The molecule has 1 unspecified atom stereocenters. The van der Waals surface area contributed by atoms with Crippen LogP contribution in [0.15, 0.2) is 18.2 Å². The molecule has 0 spiro atoms. The molecule has 1 atom stereocenters. The van der Waals surface area contributed by atoms with Crippen molar-refractivity contribution in [1.82, 2.24) is 10.2 Å². The number of piperidine rings is 1. The molecule has 1 fully saturated rings. The van der Waals surface area contributed by atoms with E-state index in [4.69, 9.17) is 4.74 Å². The average molecular weight is 292 g/mol. The van der Waals surface area contributed by atoms with Crippen molar-refractivity contribution in [2.75, 3.05) is 26.7 Å². The monoisotopic (exact) mass is 292 g/mol. The largest absolute Gasteiger partial charge is 0.508 e. The van der Waals surface area contributed by atoms with Gasteiger partial charge in [-0.05, 0) is 63.9 Å². The molecule has 4 nitrogen and oxygen atoms in total. The van der Waals surface area contributed by atoms with Crippen LogP contribution in [0.1, 0.15) is 32.3 Å².